The van der Waals surface area contributed by atoms with Gasteiger partial charge in [0, 0.05) is 0 Å². The second-order valence-electron chi connectivity index (χ2n) is 7.74. The molecule has 3 aromatic rings. The Balaban J connectivity index is 2.45. The van der Waals surface area contributed by atoms with Crippen molar-refractivity contribution in [3.8, 4) is 0 Å². The maximum atomic E-state index is 4.76. The van der Waals surface area contributed by atoms with Crippen molar-refractivity contribution < 1.29 is 0 Å². The molecule has 0 spiro atoms. The molecule has 6 nitrogen and oxygen atoms in total. The van der Waals surface area contributed by atoms with E-state index >= 15 is 0 Å². The molecular weight excluding hydrogens is 324 g/mol. The molecule has 3 rings (SSSR count). The first kappa shape index (κ1) is 18.3. The Morgan fingerprint density at radius 3 is 1.08 bits per heavy atom. The maximum Gasteiger partial charge on any atom is 0.200 e. The minimum Gasteiger partial charge on any atom is -0.228 e. The fourth-order valence-electron chi connectivity index (χ4n) is 2.91. The van der Waals surface area contributed by atoms with Gasteiger partial charge in [0.05, 0.1) is 22.1 Å². The van der Waals surface area contributed by atoms with Gasteiger partial charge in [-0.15, -0.1) is 0 Å². The summed E-state index contributed by atoms with van der Waals surface area (Å²) in [7, 11) is 0. The van der Waals surface area contributed by atoms with Crippen LogP contribution in [-0.2, 0) is 0 Å². The van der Waals surface area contributed by atoms with E-state index in [4.69, 9.17) is 19.9 Å². The first-order valence-electron chi connectivity index (χ1n) is 9.07. The number of fused-ring (bicyclic) bond motifs is 2. The van der Waals surface area contributed by atoms with Gasteiger partial charge >= 0.3 is 0 Å². The number of nitrogens with zero attached hydrogens (tertiary/aromatic N) is 6. The zero-order chi connectivity index (χ0) is 19.2. The Labute approximate surface area is 153 Å². The molecule has 0 aromatic carbocycles. The summed E-state index contributed by atoms with van der Waals surface area (Å²) in [5.74, 6) is 0.545. The molecule has 0 amide bonds. The fourth-order valence-corrected chi connectivity index (χ4v) is 2.91. The lowest BCUT2D eigenvalue weighted by atomic mass is 10.0. The Morgan fingerprint density at radius 1 is 0.500 bits per heavy atom. The van der Waals surface area contributed by atoms with E-state index in [0.717, 1.165) is 33.2 Å². The molecule has 0 radical (unpaired) electrons. The monoisotopic (exact) mass is 350 g/mol. The molecule has 0 bridgehead atoms. The molecule has 0 saturated carbocycles. The topological polar surface area (TPSA) is 77.3 Å². The van der Waals surface area contributed by atoms with Gasteiger partial charge in [-0.25, -0.2) is 29.9 Å². The minimum absolute atomic E-state index is 0.273. The Morgan fingerprint density at radius 2 is 0.808 bits per heavy atom. The highest BCUT2D eigenvalue weighted by atomic mass is 15.1. The predicted octanol–water partition coefficient (Wildman–Crippen LogP) is 2.99. The van der Waals surface area contributed by atoms with Crippen molar-refractivity contribution in [2.24, 2.45) is 0 Å². The summed E-state index contributed by atoms with van der Waals surface area (Å²) in [6, 6.07) is 0. The molecular formula is C20H26N6. The van der Waals surface area contributed by atoms with Crippen molar-refractivity contribution in [3.63, 3.8) is 0 Å². The Hall–Kier alpha value is -2.50. The van der Waals surface area contributed by atoms with Crippen LogP contribution in [0.25, 0.3) is 33.7 Å². The molecule has 26 heavy (non-hydrogen) atoms. The summed E-state index contributed by atoms with van der Waals surface area (Å²) in [4.78, 5) is 28.2. The summed E-state index contributed by atoms with van der Waals surface area (Å²) in [6.45, 7) is 16.6. The molecule has 0 fully saturated rings. The van der Waals surface area contributed by atoms with E-state index in [9.17, 15) is 0 Å². The first-order chi connectivity index (χ1) is 12.2. The van der Waals surface area contributed by atoms with E-state index in [2.05, 4.69) is 37.7 Å². The van der Waals surface area contributed by atoms with E-state index in [0.29, 0.717) is 22.6 Å². The van der Waals surface area contributed by atoms with Crippen LogP contribution in [0.15, 0.2) is 0 Å². The van der Waals surface area contributed by atoms with E-state index in [1.807, 2.05) is 27.7 Å². The van der Waals surface area contributed by atoms with Crippen LogP contribution in [0.1, 0.15) is 78.6 Å². The van der Waals surface area contributed by atoms with E-state index in [-0.39, 0.29) is 11.8 Å². The van der Waals surface area contributed by atoms with Crippen molar-refractivity contribution in [1.29, 1.82) is 0 Å². The smallest absolute Gasteiger partial charge is 0.200 e. The number of aromatic nitrogens is 6. The van der Waals surface area contributed by atoms with Gasteiger partial charge < -0.3 is 0 Å². The van der Waals surface area contributed by atoms with Crippen LogP contribution in [0.5, 0.6) is 0 Å². The van der Waals surface area contributed by atoms with Crippen molar-refractivity contribution >= 4 is 33.7 Å². The Bertz CT molecular complexity index is 1030. The third kappa shape index (κ3) is 3.16. The standard InChI is InChI=1S/C20H26N6/c1-9(2)13-14(10(3)4)22-18-17(21-13)25-19-20(26-18)24-16(12(7)8)15(23-19)11(5)6/h9-10H,1-8H3. The molecule has 0 aliphatic carbocycles. The van der Waals surface area contributed by atoms with Crippen LogP contribution in [0.3, 0.4) is 0 Å². The number of hydrogen-bond acceptors (Lipinski definition) is 6. The first-order valence-corrected chi connectivity index (χ1v) is 9.07. The van der Waals surface area contributed by atoms with E-state index in [1.54, 1.807) is 0 Å². The van der Waals surface area contributed by atoms with Gasteiger partial charge in [-0.05, 0) is 50.7 Å². The highest BCUT2D eigenvalue weighted by Gasteiger charge is 2.17. The normalized spacial score (nSPS) is 11.8. The van der Waals surface area contributed by atoms with Crippen LogP contribution in [0.4, 0.5) is 0 Å². The molecule has 0 saturated heterocycles. The molecule has 6 heteroatoms. The summed E-state index contributed by atoms with van der Waals surface area (Å²) >= 11 is 0. The van der Waals surface area contributed by atoms with Crippen LogP contribution in [0, 0.1) is 0 Å². The van der Waals surface area contributed by atoms with Gasteiger partial charge in [-0.2, -0.15) is 0 Å². The predicted molar refractivity (Wildman–Crippen MR) is 105 cm³/mol. The minimum atomic E-state index is 0.273. The largest absolute Gasteiger partial charge is 0.228 e. The molecule has 136 valence electrons. The lowest BCUT2D eigenvalue weighted by Crippen LogP contribution is -2.34. The van der Waals surface area contributed by atoms with Crippen molar-refractivity contribution in [2.45, 2.75) is 67.2 Å². The van der Waals surface area contributed by atoms with Gasteiger partial charge in [0.2, 0.25) is 11.3 Å². The SMILES string of the molecule is CC(C)=c1nc2nc3nc(C(C)C)c(C(C)C)nc3nc2nc1=C(C)C. The number of hydrogen-bond donors (Lipinski definition) is 0. The fraction of sp³-hybridized carbons (Fsp3) is 0.500. The highest BCUT2D eigenvalue weighted by molar-refractivity contribution is 5.77. The zero-order valence-electron chi connectivity index (χ0n) is 16.8. The third-order valence-corrected chi connectivity index (χ3v) is 4.24. The van der Waals surface area contributed by atoms with Crippen molar-refractivity contribution in [1.82, 2.24) is 29.9 Å². The van der Waals surface area contributed by atoms with Crippen molar-refractivity contribution in [3.05, 3.63) is 22.1 Å². The Kier molecular flexibility index (Phi) is 4.69. The molecule has 3 heterocycles. The quantitative estimate of drug-likeness (QED) is 0.661. The molecule has 0 atom stereocenters. The van der Waals surface area contributed by atoms with Crippen LogP contribution >= 0.6 is 0 Å². The lowest BCUT2D eigenvalue weighted by molar-refractivity contribution is 0.734. The van der Waals surface area contributed by atoms with E-state index < -0.39 is 0 Å². The summed E-state index contributed by atoms with van der Waals surface area (Å²) in [5.41, 5.74) is 6.24. The molecule has 3 aromatic heterocycles. The molecule has 0 unspecified atom stereocenters. The van der Waals surface area contributed by atoms with Crippen LogP contribution in [0.2, 0.25) is 0 Å². The van der Waals surface area contributed by atoms with Gasteiger partial charge in [-0.1, -0.05) is 27.7 Å². The second kappa shape index (κ2) is 6.67. The van der Waals surface area contributed by atoms with Gasteiger partial charge in [0.15, 0.2) is 11.3 Å². The van der Waals surface area contributed by atoms with Crippen LogP contribution < -0.4 is 10.7 Å². The average molecular weight is 350 g/mol. The van der Waals surface area contributed by atoms with Crippen molar-refractivity contribution in [2.75, 3.05) is 0 Å². The van der Waals surface area contributed by atoms with E-state index in [1.165, 1.54) is 0 Å². The average Bonchev–Trinajstić information content (AvgIpc) is 2.57. The molecule has 0 aliphatic rings. The van der Waals surface area contributed by atoms with Gasteiger partial charge in [0.25, 0.3) is 0 Å². The van der Waals surface area contributed by atoms with Gasteiger partial charge in [-0.3, -0.25) is 0 Å². The van der Waals surface area contributed by atoms with Gasteiger partial charge in [0.1, 0.15) is 0 Å². The molecule has 0 N–H and O–H groups in total. The third-order valence-electron chi connectivity index (χ3n) is 4.24. The van der Waals surface area contributed by atoms with Crippen LogP contribution in [-0.4, -0.2) is 29.9 Å². The lowest BCUT2D eigenvalue weighted by Gasteiger charge is -2.14. The summed E-state index contributed by atoms with van der Waals surface area (Å²) in [6.07, 6.45) is 0. The zero-order valence-corrected chi connectivity index (χ0v) is 16.8. The highest BCUT2D eigenvalue weighted by Crippen LogP contribution is 2.24. The summed E-state index contributed by atoms with van der Waals surface area (Å²) in [5, 5.41) is 1.73. The maximum absolute atomic E-state index is 4.76. The molecule has 0 aliphatic heterocycles. The number of rotatable bonds is 2. The summed E-state index contributed by atoms with van der Waals surface area (Å²) < 4.78 is 0. The second-order valence-corrected chi connectivity index (χ2v) is 7.74.